The van der Waals surface area contributed by atoms with Crippen LogP contribution in [0.2, 0.25) is 0 Å². The zero-order chi connectivity index (χ0) is 13.9. The lowest BCUT2D eigenvalue weighted by molar-refractivity contribution is 0.0921. The van der Waals surface area contributed by atoms with Gasteiger partial charge in [0.2, 0.25) is 6.79 Å². The number of benzene rings is 1. The summed E-state index contributed by atoms with van der Waals surface area (Å²) in [5.41, 5.74) is 0.616. The number of rotatable bonds is 3. The van der Waals surface area contributed by atoms with Crippen LogP contribution in [0.15, 0.2) is 18.2 Å². The van der Waals surface area contributed by atoms with Crippen molar-refractivity contribution in [2.75, 3.05) is 19.9 Å². The van der Waals surface area contributed by atoms with Crippen LogP contribution in [0.4, 0.5) is 0 Å². The maximum atomic E-state index is 12.3. The van der Waals surface area contributed by atoms with Crippen molar-refractivity contribution in [1.82, 2.24) is 10.6 Å². The number of piperidine rings is 1. The van der Waals surface area contributed by atoms with Gasteiger partial charge in [-0.05, 0) is 57.0 Å². The minimum atomic E-state index is -0.0543. The van der Waals surface area contributed by atoms with Crippen molar-refractivity contribution in [2.45, 2.75) is 25.8 Å². The van der Waals surface area contributed by atoms with Crippen LogP contribution in [0.25, 0.3) is 0 Å². The maximum absolute atomic E-state index is 12.3. The molecule has 2 aliphatic rings. The summed E-state index contributed by atoms with van der Waals surface area (Å²) in [5, 5.41) is 6.46. The number of fused-ring (bicyclic) bond motifs is 1. The molecule has 20 heavy (non-hydrogen) atoms. The summed E-state index contributed by atoms with van der Waals surface area (Å²) < 4.78 is 10.5. The average molecular weight is 276 g/mol. The van der Waals surface area contributed by atoms with Crippen LogP contribution in [0.5, 0.6) is 11.5 Å². The van der Waals surface area contributed by atoms with E-state index in [1.54, 1.807) is 18.2 Å². The van der Waals surface area contributed by atoms with E-state index in [9.17, 15) is 4.79 Å². The van der Waals surface area contributed by atoms with Crippen LogP contribution in [0.3, 0.4) is 0 Å². The second kappa shape index (κ2) is 5.71. The zero-order valence-corrected chi connectivity index (χ0v) is 11.6. The summed E-state index contributed by atoms with van der Waals surface area (Å²) in [6.45, 7) is 4.36. The van der Waals surface area contributed by atoms with Crippen molar-refractivity contribution in [3.05, 3.63) is 23.8 Å². The van der Waals surface area contributed by atoms with E-state index in [1.807, 2.05) is 0 Å². The topological polar surface area (TPSA) is 59.6 Å². The predicted molar refractivity (Wildman–Crippen MR) is 75.1 cm³/mol. The number of carbonyl (C=O) groups is 1. The van der Waals surface area contributed by atoms with Gasteiger partial charge >= 0.3 is 0 Å². The van der Waals surface area contributed by atoms with E-state index in [-0.39, 0.29) is 18.7 Å². The standard InChI is InChI=1S/C15H20N2O3/c1-10(12-3-2-6-16-8-12)17-15(18)11-4-5-13-14(7-11)20-9-19-13/h4-5,7,10,12,16H,2-3,6,8-9H2,1H3,(H,17,18). The van der Waals surface area contributed by atoms with Crippen LogP contribution in [-0.4, -0.2) is 31.8 Å². The molecule has 0 aliphatic carbocycles. The van der Waals surface area contributed by atoms with E-state index in [1.165, 1.54) is 6.42 Å². The van der Waals surface area contributed by atoms with Crippen molar-refractivity contribution in [3.63, 3.8) is 0 Å². The van der Waals surface area contributed by atoms with Gasteiger partial charge in [-0.1, -0.05) is 0 Å². The summed E-state index contributed by atoms with van der Waals surface area (Å²) in [4.78, 5) is 12.3. The van der Waals surface area contributed by atoms with E-state index in [0.29, 0.717) is 23.0 Å². The van der Waals surface area contributed by atoms with E-state index < -0.39 is 0 Å². The first-order valence-electron chi connectivity index (χ1n) is 7.15. The Morgan fingerprint density at radius 3 is 3.05 bits per heavy atom. The molecule has 0 saturated carbocycles. The molecule has 1 amide bonds. The van der Waals surface area contributed by atoms with Gasteiger partial charge in [0, 0.05) is 11.6 Å². The lowest BCUT2D eigenvalue weighted by Gasteiger charge is -2.28. The molecule has 2 atom stereocenters. The fourth-order valence-corrected chi connectivity index (χ4v) is 2.75. The number of carbonyl (C=O) groups excluding carboxylic acids is 1. The largest absolute Gasteiger partial charge is 0.454 e. The van der Waals surface area contributed by atoms with Gasteiger partial charge in [-0.15, -0.1) is 0 Å². The highest BCUT2D eigenvalue weighted by atomic mass is 16.7. The predicted octanol–water partition coefficient (Wildman–Crippen LogP) is 1.53. The monoisotopic (exact) mass is 276 g/mol. The molecule has 1 aromatic rings. The smallest absolute Gasteiger partial charge is 0.251 e. The van der Waals surface area contributed by atoms with Gasteiger partial charge in [0.25, 0.3) is 5.91 Å². The molecule has 2 N–H and O–H groups in total. The van der Waals surface area contributed by atoms with Gasteiger partial charge < -0.3 is 20.1 Å². The molecule has 1 fully saturated rings. The van der Waals surface area contributed by atoms with Gasteiger partial charge in [0.05, 0.1) is 0 Å². The quantitative estimate of drug-likeness (QED) is 0.879. The SMILES string of the molecule is CC(NC(=O)c1ccc2c(c1)OCO2)C1CCCNC1. The Hall–Kier alpha value is -1.75. The highest BCUT2D eigenvalue weighted by molar-refractivity contribution is 5.95. The van der Waals surface area contributed by atoms with Crippen LogP contribution in [-0.2, 0) is 0 Å². The maximum Gasteiger partial charge on any atom is 0.251 e. The summed E-state index contributed by atoms with van der Waals surface area (Å²) >= 11 is 0. The Labute approximate surface area is 118 Å². The van der Waals surface area contributed by atoms with Crippen LogP contribution in [0, 0.1) is 5.92 Å². The fraction of sp³-hybridized carbons (Fsp3) is 0.533. The molecule has 0 aromatic heterocycles. The molecule has 108 valence electrons. The van der Waals surface area contributed by atoms with Crippen molar-refractivity contribution in [1.29, 1.82) is 0 Å². The minimum absolute atomic E-state index is 0.0543. The second-order valence-electron chi connectivity index (χ2n) is 5.44. The van der Waals surface area contributed by atoms with Gasteiger partial charge in [-0.25, -0.2) is 0 Å². The number of amides is 1. The van der Waals surface area contributed by atoms with E-state index in [0.717, 1.165) is 19.5 Å². The molecule has 0 spiro atoms. The van der Waals surface area contributed by atoms with Crippen LogP contribution < -0.4 is 20.1 Å². The Morgan fingerprint density at radius 1 is 1.40 bits per heavy atom. The number of hydrogen-bond donors (Lipinski definition) is 2. The average Bonchev–Trinajstić information content (AvgIpc) is 2.95. The van der Waals surface area contributed by atoms with E-state index >= 15 is 0 Å². The second-order valence-corrected chi connectivity index (χ2v) is 5.44. The van der Waals surface area contributed by atoms with Gasteiger partial charge in [0.15, 0.2) is 11.5 Å². The van der Waals surface area contributed by atoms with Crippen molar-refractivity contribution >= 4 is 5.91 Å². The summed E-state index contributed by atoms with van der Waals surface area (Å²) in [7, 11) is 0. The molecule has 1 saturated heterocycles. The molecule has 5 heteroatoms. The number of hydrogen-bond acceptors (Lipinski definition) is 4. The third kappa shape index (κ3) is 2.72. The van der Waals surface area contributed by atoms with Crippen LogP contribution >= 0.6 is 0 Å². The summed E-state index contributed by atoms with van der Waals surface area (Å²) in [5.74, 6) is 1.79. The molecule has 2 unspecified atom stereocenters. The van der Waals surface area contributed by atoms with Crippen molar-refractivity contribution < 1.29 is 14.3 Å². The van der Waals surface area contributed by atoms with Crippen molar-refractivity contribution in [2.24, 2.45) is 5.92 Å². The van der Waals surface area contributed by atoms with Gasteiger partial charge in [0.1, 0.15) is 0 Å². The highest BCUT2D eigenvalue weighted by Crippen LogP contribution is 2.32. The summed E-state index contributed by atoms with van der Waals surface area (Å²) in [6, 6.07) is 5.46. The molecule has 5 nitrogen and oxygen atoms in total. The Balaban J connectivity index is 1.63. The first-order valence-corrected chi connectivity index (χ1v) is 7.15. The Kier molecular flexibility index (Phi) is 3.78. The number of nitrogens with one attached hydrogen (secondary N) is 2. The third-order valence-electron chi connectivity index (χ3n) is 4.04. The lowest BCUT2D eigenvalue weighted by Crippen LogP contribution is -2.44. The van der Waals surface area contributed by atoms with Crippen molar-refractivity contribution in [3.8, 4) is 11.5 Å². The molecule has 3 rings (SSSR count). The molecule has 0 bridgehead atoms. The normalized spacial score (nSPS) is 22.4. The third-order valence-corrected chi connectivity index (χ3v) is 4.04. The first kappa shape index (κ1) is 13.2. The Morgan fingerprint density at radius 2 is 2.25 bits per heavy atom. The first-order chi connectivity index (χ1) is 9.74. The molecule has 2 aliphatic heterocycles. The molecule has 0 radical (unpaired) electrons. The van der Waals surface area contributed by atoms with E-state index in [4.69, 9.17) is 9.47 Å². The van der Waals surface area contributed by atoms with E-state index in [2.05, 4.69) is 17.6 Å². The van der Waals surface area contributed by atoms with Gasteiger partial charge in [-0.3, -0.25) is 4.79 Å². The molecule has 1 aromatic carbocycles. The molecular formula is C15H20N2O3. The summed E-state index contributed by atoms with van der Waals surface area (Å²) in [6.07, 6.45) is 2.34. The fourth-order valence-electron chi connectivity index (χ4n) is 2.75. The Bertz CT molecular complexity index is 498. The molecular weight excluding hydrogens is 256 g/mol. The highest BCUT2D eigenvalue weighted by Gasteiger charge is 2.22. The zero-order valence-electron chi connectivity index (χ0n) is 11.6. The van der Waals surface area contributed by atoms with Gasteiger partial charge in [-0.2, -0.15) is 0 Å². The molecule has 2 heterocycles. The lowest BCUT2D eigenvalue weighted by atomic mass is 9.92. The van der Waals surface area contributed by atoms with Crippen LogP contribution in [0.1, 0.15) is 30.1 Å². The number of ether oxygens (including phenoxy) is 2. The minimum Gasteiger partial charge on any atom is -0.454 e.